The minimum absolute atomic E-state index is 0.150. The second-order valence-corrected chi connectivity index (χ2v) is 2.84. The van der Waals surface area contributed by atoms with Crippen molar-refractivity contribution in [2.45, 2.75) is 12.3 Å². The summed E-state index contributed by atoms with van der Waals surface area (Å²) in [5.74, 6) is -1.75. The van der Waals surface area contributed by atoms with Crippen molar-refractivity contribution < 1.29 is 28.2 Å². The van der Waals surface area contributed by atoms with Gasteiger partial charge in [0.25, 0.3) is 0 Å². The molecule has 1 aromatic rings. The summed E-state index contributed by atoms with van der Waals surface area (Å²) in [6, 6.07) is 3.18. The Morgan fingerprint density at radius 1 is 1.27 bits per heavy atom. The number of aliphatic hydroxyl groups is 1. The molecule has 6 heteroatoms. The maximum atomic E-state index is 12.1. The third-order valence-corrected chi connectivity index (χ3v) is 1.78. The van der Waals surface area contributed by atoms with Gasteiger partial charge in [0.15, 0.2) is 0 Å². The van der Waals surface area contributed by atoms with Crippen molar-refractivity contribution in [1.82, 2.24) is 0 Å². The van der Waals surface area contributed by atoms with E-state index in [0.29, 0.717) is 12.1 Å². The van der Waals surface area contributed by atoms with Crippen LogP contribution >= 0.6 is 0 Å². The molecule has 0 heterocycles. The topological polar surface area (TPSA) is 60.4 Å². The van der Waals surface area contributed by atoms with E-state index in [-0.39, 0.29) is 5.56 Å². The second kappa shape index (κ2) is 3.90. The molecule has 0 spiro atoms. The van der Waals surface area contributed by atoms with Gasteiger partial charge in [0.1, 0.15) is 6.10 Å². The number of carboxylic acid groups (broad SMARTS) is 1. The molecule has 0 aliphatic carbocycles. The van der Waals surface area contributed by atoms with Crippen LogP contribution < -0.4 is 5.11 Å². The van der Waals surface area contributed by atoms with Crippen molar-refractivity contribution >= 4 is 5.97 Å². The summed E-state index contributed by atoms with van der Waals surface area (Å²) in [6.45, 7) is 0. The highest BCUT2D eigenvalue weighted by Crippen LogP contribution is 2.29. The summed E-state index contributed by atoms with van der Waals surface area (Å²) >= 11 is 0. The van der Waals surface area contributed by atoms with Gasteiger partial charge in [-0.3, -0.25) is 0 Å². The number of aliphatic carboxylic acids is 1. The molecule has 1 rings (SSSR count). The Morgan fingerprint density at radius 2 is 1.73 bits per heavy atom. The molecule has 0 aliphatic heterocycles. The van der Waals surface area contributed by atoms with Crippen molar-refractivity contribution in [2.24, 2.45) is 0 Å². The first kappa shape index (κ1) is 11.5. The zero-order valence-electron chi connectivity index (χ0n) is 7.28. The van der Waals surface area contributed by atoms with Gasteiger partial charge in [-0.25, -0.2) is 0 Å². The first-order valence-electron chi connectivity index (χ1n) is 3.88. The number of hydrogen-bond acceptors (Lipinski definition) is 3. The second-order valence-electron chi connectivity index (χ2n) is 2.84. The van der Waals surface area contributed by atoms with Crippen LogP contribution in [0.5, 0.6) is 0 Å². The molecule has 0 saturated carbocycles. The molecule has 0 bridgehead atoms. The van der Waals surface area contributed by atoms with Crippen molar-refractivity contribution in [2.75, 3.05) is 0 Å². The molecule has 0 fully saturated rings. The van der Waals surface area contributed by atoms with Gasteiger partial charge in [-0.15, -0.1) is 0 Å². The monoisotopic (exact) mass is 219 g/mol. The molecule has 0 amide bonds. The van der Waals surface area contributed by atoms with Crippen LogP contribution in [0.2, 0.25) is 0 Å². The number of alkyl halides is 3. The number of hydrogen-bond donors (Lipinski definition) is 1. The minimum atomic E-state index is -4.48. The number of rotatable bonds is 2. The Hall–Kier alpha value is -1.56. The van der Waals surface area contributed by atoms with Crippen LogP contribution in [0.4, 0.5) is 13.2 Å². The lowest BCUT2D eigenvalue weighted by Crippen LogP contribution is -2.29. The standard InChI is InChI=1S/C9H7F3O3/c10-9(11,12)6-3-1-5(2-4-6)7(13)8(14)15/h1-4,7,13H,(H,14,15)/p-1/t7-/m0/s1. The van der Waals surface area contributed by atoms with Crippen LogP contribution in [0.15, 0.2) is 24.3 Å². The van der Waals surface area contributed by atoms with Gasteiger partial charge in [0.2, 0.25) is 0 Å². The molecule has 0 aliphatic rings. The van der Waals surface area contributed by atoms with E-state index in [1.165, 1.54) is 0 Å². The highest BCUT2D eigenvalue weighted by molar-refractivity contribution is 5.71. The number of carbonyl (C=O) groups is 1. The maximum absolute atomic E-state index is 12.1. The van der Waals surface area contributed by atoms with E-state index in [4.69, 9.17) is 5.11 Å². The van der Waals surface area contributed by atoms with Gasteiger partial charge < -0.3 is 15.0 Å². The fourth-order valence-corrected chi connectivity index (χ4v) is 0.990. The largest absolute Gasteiger partial charge is 0.547 e. The van der Waals surface area contributed by atoms with E-state index in [1.54, 1.807) is 0 Å². The normalized spacial score (nSPS) is 13.6. The number of carbonyl (C=O) groups excluding carboxylic acids is 1. The van der Waals surface area contributed by atoms with Gasteiger partial charge in [-0.1, -0.05) is 12.1 Å². The van der Waals surface area contributed by atoms with Crippen LogP contribution in [-0.2, 0) is 11.0 Å². The summed E-state index contributed by atoms with van der Waals surface area (Å²) in [5, 5.41) is 19.1. The summed E-state index contributed by atoms with van der Waals surface area (Å²) in [6.07, 6.45) is -6.39. The van der Waals surface area contributed by atoms with Crippen LogP contribution in [0.3, 0.4) is 0 Å². The van der Waals surface area contributed by atoms with E-state index in [1.807, 2.05) is 0 Å². The highest BCUT2D eigenvalue weighted by Gasteiger charge is 2.30. The lowest BCUT2D eigenvalue weighted by Gasteiger charge is -2.13. The van der Waals surface area contributed by atoms with Gasteiger partial charge in [-0.05, 0) is 17.7 Å². The predicted octanol–water partition coefficient (Wildman–Crippen LogP) is 0.489. The molecule has 1 aromatic carbocycles. The Kier molecular flexibility index (Phi) is 2.99. The quantitative estimate of drug-likeness (QED) is 0.787. The molecule has 3 nitrogen and oxygen atoms in total. The molecule has 82 valence electrons. The summed E-state index contributed by atoms with van der Waals surface area (Å²) in [5.41, 5.74) is -1.06. The van der Waals surface area contributed by atoms with Crippen molar-refractivity contribution in [3.05, 3.63) is 35.4 Å². The van der Waals surface area contributed by atoms with E-state index in [0.717, 1.165) is 12.1 Å². The molecule has 15 heavy (non-hydrogen) atoms. The zero-order valence-corrected chi connectivity index (χ0v) is 7.28. The Bertz CT molecular complexity index is 356. The lowest BCUT2D eigenvalue weighted by atomic mass is 10.1. The number of halogens is 3. The third kappa shape index (κ3) is 2.69. The maximum Gasteiger partial charge on any atom is 0.416 e. The molecule has 0 radical (unpaired) electrons. The molecule has 0 saturated heterocycles. The minimum Gasteiger partial charge on any atom is -0.547 e. The fraction of sp³-hybridized carbons (Fsp3) is 0.222. The van der Waals surface area contributed by atoms with E-state index < -0.39 is 23.8 Å². The number of benzene rings is 1. The molecule has 0 unspecified atom stereocenters. The Morgan fingerprint density at radius 3 is 2.07 bits per heavy atom. The molecule has 1 atom stereocenters. The summed E-state index contributed by atoms with van der Waals surface area (Å²) in [4.78, 5) is 10.2. The molecule has 0 aromatic heterocycles. The average molecular weight is 219 g/mol. The van der Waals surface area contributed by atoms with Gasteiger partial charge in [0.05, 0.1) is 11.5 Å². The Labute approximate surface area is 82.8 Å². The van der Waals surface area contributed by atoms with E-state index >= 15 is 0 Å². The number of aliphatic hydroxyl groups excluding tert-OH is 1. The zero-order chi connectivity index (χ0) is 11.6. The van der Waals surface area contributed by atoms with Crippen LogP contribution in [0, 0.1) is 0 Å². The van der Waals surface area contributed by atoms with Crippen LogP contribution in [-0.4, -0.2) is 11.1 Å². The van der Waals surface area contributed by atoms with E-state index in [2.05, 4.69) is 0 Å². The van der Waals surface area contributed by atoms with Crippen molar-refractivity contribution in [1.29, 1.82) is 0 Å². The first-order chi connectivity index (χ1) is 6.82. The first-order valence-corrected chi connectivity index (χ1v) is 3.88. The molecular formula is C9H6F3O3-. The van der Waals surface area contributed by atoms with Crippen molar-refractivity contribution in [3.63, 3.8) is 0 Å². The predicted molar refractivity (Wildman–Crippen MR) is 41.4 cm³/mol. The van der Waals surface area contributed by atoms with Gasteiger partial charge >= 0.3 is 6.18 Å². The highest BCUT2D eigenvalue weighted by atomic mass is 19.4. The average Bonchev–Trinajstić information content (AvgIpc) is 2.15. The SMILES string of the molecule is O=C([O-])[C@@H](O)c1ccc(C(F)(F)F)cc1. The Balaban J connectivity index is 2.95. The number of carboxylic acids is 1. The summed E-state index contributed by atoms with van der Waals surface area (Å²) in [7, 11) is 0. The van der Waals surface area contributed by atoms with Crippen LogP contribution in [0.1, 0.15) is 17.2 Å². The summed E-state index contributed by atoms with van der Waals surface area (Å²) < 4.78 is 36.3. The third-order valence-electron chi connectivity index (χ3n) is 1.78. The fourth-order valence-electron chi connectivity index (χ4n) is 0.990. The molecular weight excluding hydrogens is 213 g/mol. The molecule has 1 N–H and O–H groups in total. The van der Waals surface area contributed by atoms with Gasteiger partial charge in [-0.2, -0.15) is 13.2 Å². The van der Waals surface area contributed by atoms with Crippen LogP contribution in [0.25, 0.3) is 0 Å². The van der Waals surface area contributed by atoms with Crippen molar-refractivity contribution in [3.8, 4) is 0 Å². The lowest BCUT2D eigenvalue weighted by molar-refractivity contribution is -0.315. The smallest absolute Gasteiger partial charge is 0.416 e. The van der Waals surface area contributed by atoms with Gasteiger partial charge in [0, 0.05) is 0 Å². The van der Waals surface area contributed by atoms with E-state index in [9.17, 15) is 23.1 Å².